The van der Waals surface area contributed by atoms with E-state index < -0.39 is 4.92 Å². The number of fused-ring (bicyclic) bond motifs is 1. The maximum absolute atomic E-state index is 11.8. The van der Waals surface area contributed by atoms with Gasteiger partial charge in [0.2, 0.25) is 0 Å². The van der Waals surface area contributed by atoms with Crippen LogP contribution >= 0.6 is 0 Å². The number of nitrogens with zero attached hydrogens (tertiary/aromatic N) is 2. The molecule has 0 atom stereocenters. The summed E-state index contributed by atoms with van der Waals surface area (Å²) in [6, 6.07) is 10.1. The number of nitro groups is 1. The van der Waals surface area contributed by atoms with Gasteiger partial charge < -0.3 is 29.5 Å². The first-order chi connectivity index (χ1) is 14.4. The summed E-state index contributed by atoms with van der Waals surface area (Å²) in [6.07, 6.45) is 0. The minimum atomic E-state index is -0.412. The Kier molecular flexibility index (Phi) is 6.56. The number of hydrogen-bond donors (Lipinski definition) is 4. The van der Waals surface area contributed by atoms with Gasteiger partial charge >= 0.3 is 0 Å². The van der Waals surface area contributed by atoms with Crippen LogP contribution < -0.4 is 9.64 Å². The lowest BCUT2D eigenvalue weighted by molar-refractivity contribution is -0.914. The van der Waals surface area contributed by atoms with Crippen molar-refractivity contribution in [1.29, 1.82) is 0 Å². The number of aromatic nitrogens is 1. The van der Waals surface area contributed by atoms with Crippen molar-refractivity contribution >= 4 is 16.6 Å². The number of ether oxygens (including phenoxy) is 1. The number of phenols is 1. The first-order valence-electron chi connectivity index (χ1n) is 9.62. The molecule has 4 N–H and O–H groups in total. The number of hydrogen-bond acceptors (Lipinski definition) is 6. The second kappa shape index (κ2) is 9.12. The first kappa shape index (κ1) is 21.6. The van der Waals surface area contributed by atoms with Crippen LogP contribution in [0.2, 0.25) is 0 Å². The minimum Gasteiger partial charge on any atom is -0.507 e. The van der Waals surface area contributed by atoms with Crippen molar-refractivity contribution in [2.45, 2.75) is 13.5 Å². The van der Waals surface area contributed by atoms with Crippen LogP contribution in [0.5, 0.6) is 11.5 Å². The summed E-state index contributed by atoms with van der Waals surface area (Å²) in [5.74, 6) is 0.671. The second-order valence-corrected chi connectivity index (χ2v) is 7.06. The van der Waals surface area contributed by atoms with E-state index in [0.717, 1.165) is 4.90 Å². The molecule has 1 aromatic heterocycles. The Morgan fingerprint density at radius 3 is 2.27 bits per heavy atom. The maximum Gasteiger partial charge on any atom is 0.298 e. The fourth-order valence-electron chi connectivity index (χ4n) is 3.87. The van der Waals surface area contributed by atoms with Gasteiger partial charge in [0.1, 0.15) is 31.1 Å². The summed E-state index contributed by atoms with van der Waals surface area (Å²) in [5.41, 5.74) is 2.18. The third-order valence-electron chi connectivity index (χ3n) is 5.29. The van der Waals surface area contributed by atoms with Gasteiger partial charge in [0.05, 0.1) is 47.4 Å². The van der Waals surface area contributed by atoms with Crippen molar-refractivity contribution in [1.82, 2.24) is 4.57 Å². The lowest BCUT2D eigenvalue weighted by atomic mass is 10.1. The summed E-state index contributed by atoms with van der Waals surface area (Å²) in [4.78, 5) is 12.3. The number of methoxy groups -OCH3 is 1. The van der Waals surface area contributed by atoms with Gasteiger partial charge in [0.25, 0.3) is 5.69 Å². The van der Waals surface area contributed by atoms with E-state index in [4.69, 9.17) is 4.74 Å². The molecule has 9 nitrogen and oxygen atoms in total. The Bertz CT molecular complexity index is 1040. The summed E-state index contributed by atoms with van der Waals surface area (Å²) in [6.45, 7) is 2.56. The van der Waals surface area contributed by atoms with Gasteiger partial charge in [-0.05, 0) is 43.3 Å². The van der Waals surface area contributed by atoms with Gasteiger partial charge in [-0.15, -0.1) is 0 Å². The van der Waals surface area contributed by atoms with Crippen LogP contribution in [-0.4, -0.2) is 58.2 Å². The number of benzene rings is 2. The Morgan fingerprint density at radius 1 is 1.10 bits per heavy atom. The highest BCUT2D eigenvalue weighted by molar-refractivity contribution is 5.96. The molecule has 0 aliphatic heterocycles. The highest BCUT2D eigenvalue weighted by Gasteiger charge is 2.28. The molecular weight excluding hydrogens is 390 g/mol. The molecule has 0 aliphatic rings. The zero-order valence-electron chi connectivity index (χ0n) is 17.0. The number of quaternary nitrogens is 1. The zero-order chi connectivity index (χ0) is 21.8. The quantitative estimate of drug-likeness (QED) is 0.304. The topological polar surface area (TPSA) is 122 Å². The van der Waals surface area contributed by atoms with E-state index in [9.17, 15) is 25.4 Å². The van der Waals surface area contributed by atoms with Gasteiger partial charge in [0, 0.05) is 5.69 Å². The molecule has 0 amide bonds. The van der Waals surface area contributed by atoms with Gasteiger partial charge in [0.15, 0.2) is 0 Å². The third kappa shape index (κ3) is 3.95. The standard InChI is InChI=1S/C21H25N3O6/c1-14-20(24(28)29)17-7-8-19(27)18(13-22(9-11-25)10-12-26)21(17)23(14)15-3-5-16(30-2)6-4-15/h3-8,25-27H,9-13H2,1-2H3/p+1. The van der Waals surface area contributed by atoms with Crippen LogP contribution in [0.1, 0.15) is 11.3 Å². The molecule has 0 bridgehead atoms. The Hall–Kier alpha value is -3.14. The van der Waals surface area contributed by atoms with Crippen LogP contribution in [0.3, 0.4) is 0 Å². The van der Waals surface area contributed by atoms with Crippen LogP contribution in [0.15, 0.2) is 36.4 Å². The van der Waals surface area contributed by atoms with Gasteiger partial charge in [-0.2, -0.15) is 0 Å². The predicted molar refractivity (Wildman–Crippen MR) is 111 cm³/mol. The molecule has 1 heterocycles. The Labute approximate surface area is 173 Å². The largest absolute Gasteiger partial charge is 0.507 e. The van der Waals surface area contributed by atoms with Crippen molar-refractivity contribution in [3.05, 3.63) is 57.8 Å². The van der Waals surface area contributed by atoms with E-state index >= 15 is 0 Å². The van der Waals surface area contributed by atoms with Gasteiger partial charge in [-0.25, -0.2) is 0 Å². The summed E-state index contributed by atoms with van der Waals surface area (Å²) in [7, 11) is 1.56. The smallest absolute Gasteiger partial charge is 0.298 e. The number of phenolic OH excluding ortho intramolecular Hbond substituents is 1. The highest BCUT2D eigenvalue weighted by atomic mass is 16.6. The van der Waals surface area contributed by atoms with E-state index in [0.29, 0.717) is 53.2 Å². The van der Waals surface area contributed by atoms with E-state index in [1.165, 1.54) is 6.07 Å². The number of rotatable bonds is 9. The maximum atomic E-state index is 11.8. The summed E-state index contributed by atoms with van der Waals surface area (Å²) >= 11 is 0. The normalized spacial score (nSPS) is 11.4. The molecule has 160 valence electrons. The third-order valence-corrected chi connectivity index (χ3v) is 5.29. The predicted octanol–water partition coefficient (Wildman–Crippen LogP) is 0.931. The Morgan fingerprint density at radius 2 is 1.73 bits per heavy atom. The van der Waals surface area contributed by atoms with E-state index in [2.05, 4.69) is 0 Å². The number of nitrogens with one attached hydrogen (secondary N) is 1. The van der Waals surface area contributed by atoms with Crippen molar-refractivity contribution in [3.8, 4) is 17.2 Å². The molecule has 0 radical (unpaired) electrons. The molecule has 0 spiro atoms. The molecule has 30 heavy (non-hydrogen) atoms. The Balaban J connectivity index is 2.29. The van der Waals surface area contributed by atoms with E-state index in [1.54, 1.807) is 48.9 Å². The molecule has 0 saturated carbocycles. The number of aromatic hydroxyl groups is 1. The van der Waals surface area contributed by atoms with Crippen LogP contribution in [0.4, 0.5) is 5.69 Å². The lowest BCUT2D eigenvalue weighted by Gasteiger charge is -2.19. The van der Waals surface area contributed by atoms with E-state index in [1.807, 2.05) is 0 Å². The van der Waals surface area contributed by atoms with Crippen LogP contribution in [-0.2, 0) is 6.54 Å². The molecule has 0 saturated heterocycles. The molecule has 3 aromatic rings. The first-order valence-corrected chi connectivity index (χ1v) is 9.62. The summed E-state index contributed by atoms with van der Waals surface area (Å²) < 4.78 is 6.97. The van der Waals surface area contributed by atoms with Crippen molar-refractivity contribution in [3.63, 3.8) is 0 Å². The van der Waals surface area contributed by atoms with Gasteiger partial charge in [-0.3, -0.25) is 10.1 Å². The molecule has 0 unspecified atom stereocenters. The lowest BCUT2D eigenvalue weighted by Crippen LogP contribution is -3.11. The SMILES string of the molecule is COc1ccc(-n2c(C)c([N+](=O)[O-])c3ccc(O)c(C[NH+](CCO)CCO)c32)cc1. The summed E-state index contributed by atoms with van der Waals surface area (Å²) in [5, 5.41) is 41.6. The molecule has 9 heteroatoms. The highest BCUT2D eigenvalue weighted by Crippen LogP contribution is 2.39. The van der Waals surface area contributed by atoms with Crippen molar-refractivity contribution < 1.29 is 29.9 Å². The number of aliphatic hydroxyl groups excluding tert-OH is 2. The molecule has 0 fully saturated rings. The monoisotopic (exact) mass is 416 g/mol. The average Bonchev–Trinajstić information content (AvgIpc) is 3.02. The van der Waals surface area contributed by atoms with Crippen LogP contribution in [0.25, 0.3) is 16.6 Å². The van der Waals surface area contributed by atoms with Crippen molar-refractivity contribution in [2.24, 2.45) is 0 Å². The molecular formula is C21H26N3O6+. The zero-order valence-corrected chi connectivity index (χ0v) is 17.0. The number of aliphatic hydroxyl groups is 2. The molecule has 0 aliphatic carbocycles. The average molecular weight is 416 g/mol. The molecule has 2 aromatic carbocycles. The van der Waals surface area contributed by atoms with Gasteiger partial charge in [-0.1, -0.05) is 0 Å². The fraction of sp³-hybridized carbons (Fsp3) is 0.333. The molecule has 3 rings (SSSR count). The fourth-order valence-corrected chi connectivity index (χ4v) is 3.87. The van der Waals surface area contributed by atoms with Crippen LogP contribution in [0, 0.1) is 17.0 Å². The second-order valence-electron chi connectivity index (χ2n) is 7.06. The van der Waals surface area contributed by atoms with Crippen molar-refractivity contribution in [2.75, 3.05) is 33.4 Å². The van der Waals surface area contributed by atoms with E-state index in [-0.39, 0.29) is 24.7 Å². The minimum absolute atomic E-state index is 0.0121.